The minimum atomic E-state index is -0.301. The number of amides is 1. The third-order valence-corrected chi connectivity index (χ3v) is 6.11. The molecular weight excluding hydrogens is 443 g/mol. The summed E-state index contributed by atoms with van der Waals surface area (Å²) in [5.74, 6) is 0.346. The van der Waals surface area contributed by atoms with E-state index in [1.54, 1.807) is 16.8 Å². The molecule has 1 fully saturated rings. The average molecular weight is 465 g/mol. The molecule has 7 nitrogen and oxygen atoms in total. The Bertz CT molecular complexity index is 1270. The van der Waals surface area contributed by atoms with Crippen LogP contribution < -0.4 is 10.2 Å². The Balaban J connectivity index is 1.32. The van der Waals surface area contributed by atoms with Crippen molar-refractivity contribution in [2.45, 2.75) is 19.4 Å². The Morgan fingerprint density at radius 1 is 1.12 bits per heavy atom. The van der Waals surface area contributed by atoms with Crippen LogP contribution in [-0.2, 0) is 11.3 Å². The van der Waals surface area contributed by atoms with Gasteiger partial charge in [0.25, 0.3) is 0 Å². The van der Waals surface area contributed by atoms with Crippen LogP contribution in [0.25, 0.3) is 16.7 Å². The van der Waals surface area contributed by atoms with Crippen molar-refractivity contribution >= 4 is 34.4 Å². The predicted molar refractivity (Wildman–Crippen MR) is 125 cm³/mol. The summed E-state index contributed by atoms with van der Waals surface area (Å²) in [5.41, 5.74) is 2.29. The van der Waals surface area contributed by atoms with Crippen molar-refractivity contribution < 1.29 is 9.18 Å². The maximum absolute atomic E-state index is 13.3. The summed E-state index contributed by atoms with van der Waals surface area (Å²) in [6.45, 7) is 1.84. The lowest BCUT2D eigenvalue weighted by Crippen LogP contribution is -2.43. The fourth-order valence-electron chi connectivity index (χ4n) is 4.12. The number of nitrogens with zero attached hydrogens (tertiary/aromatic N) is 5. The normalized spacial score (nSPS) is 16.2. The van der Waals surface area contributed by atoms with Crippen molar-refractivity contribution in [1.29, 1.82) is 0 Å². The van der Waals surface area contributed by atoms with Crippen molar-refractivity contribution in [3.05, 3.63) is 77.5 Å². The molecule has 4 aromatic rings. The molecule has 0 saturated carbocycles. The summed E-state index contributed by atoms with van der Waals surface area (Å²) >= 11 is 5.93. The second-order valence-electron chi connectivity index (χ2n) is 8.11. The SMILES string of the molecule is O=C(NCc1ccc(Cl)cc1)[C@H]1CCCN(c2ncnc3nn(-c4ccc(F)cc4)cc23)C1. The first kappa shape index (κ1) is 21.3. The predicted octanol–water partition coefficient (Wildman–Crippen LogP) is 4.14. The Hall–Kier alpha value is -3.52. The fourth-order valence-corrected chi connectivity index (χ4v) is 4.25. The van der Waals surface area contributed by atoms with Gasteiger partial charge in [0.05, 0.1) is 17.0 Å². The molecule has 5 rings (SSSR count). The highest BCUT2D eigenvalue weighted by molar-refractivity contribution is 6.30. The molecule has 0 bridgehead atoms. The summed E-state index contributed by atoms with van der Waals surface area (Å²) in [6.07, 6.45) is 5.05. The molecular formula is C24H22ClFN6O. The summed E-state index contributed by atoms with van der Waals surface area (Å²) in [5, 5.41) is 9.03. The second-order valence-corrected chi connectivity index (χ2v) is 8.55. The number of carbonyl (C=O) groups excluding carboxylic acids is 1. The highest BCUT2D eigenvalue weighted by atomic mass is 35.5. The molecule has 2 aromatic carbocycles. The van der Waals surface area contributed by atoms with Crippen molar-refractivity contribution in [2.24, 2.45) is 5.92 Å². The van der Waals surface area contributed by atoms with E-state index in [2.05, 4.69) is 25.3 Å². The molecule has 0 radical (unpaired) electrons. The van der Waals surface area contributed by atoms with Crippen molar-refractivity contribution in [1.82, 2.24) is 25.1 Å². The van der Waals surface area contributed by atoms with E-state index in [0.29, 0.717) is 23.8 Å². The zero-order valence-electron chi connectivity index (χ0n) is 17.8. The Labute approximate surface area is 195 Å². The number of benzene rings is 2. The third-order valence-electron chi connectivity index (χ3n) is 5.86. The van der Waals surface area contributed by atoms with Crippen LogP contribution in [0.1, 0.15) is 18.4 Å². The number of anilines is 1. The van der Waals surface area contributed by atoms with Gasteiger partial charge in [-0.3, -0.25) is 4.79 Å². The lowest BCUT2D eigenvalue weighted by atomic mass is 9.97. The van der Waals surface area contributed by atoms with Crippen molar-refractivity contribution in [2.75, 3.05) is 18.0 Å². The topological polar surface area (TPSA) is 75.9 Å². The molecule has 2 aromatic heterocycles. The van der Waals surface area contributed by atoms with Gasteiger partial charge >= 0.3 is 0 Å². The minimum Gasteiger partial charge on any atom is -0.355 e. The van der Waals surface area contributed by atoms with E-state index < -0.39 is 0 Å². The van der Waals surface area contributed by atoms with E-state index in [4.69, 9.17) is 11.6 Å². The summed E-state index contributed by atoms with van der Waals surface area (Å²) in [7, 11) is 0. The van der Waals surface area contributed by atoms with Gasteiger partial charge in [-0.15, -0.1) is 5.10 Å². The van der Waals surface area contributed by atoms with Crippen LogP contribution in [-0.4, -0.2) is 38.7 Å². The van der Waals surface area contributed by atoms with Crippen LogP contribution in [0.3, 0.4) is 0 Å². The number of hydrogen-bond donors (Lipinski definition) is 1. The third kappa shape index (κ3) is 4.66. The zero-order valence-corrected chi connectivity index (χ0v) is 18.5. The average Bonchev–Trinajstić information content (AvgIpc) is 3.28. The molecule has 0 unspecified atom stereocenters. The maximum Gasteiger partial charge on any atom is 0.225 e. The number of fused-ring (bicyclic) bond motifs is 1. The Kier molecular flexibility index (Phi) is 5.92. The zero-order chi connectivity index (χ0) is 22.8. The summed E-state index contributed by atoms with van der Waals surface area (Å²) in [4.78, 5) is 23.8. The largest absolute Gasteiger partial charge is 0.355 e. The molecule has 1 atom stereocenters. The van der Waals surface area contributed by atoms with Crippen molar-refractivity contribution in [3.63, 3.8) is 0 Å². The van der Waals surface area contributed by atoms with Crippen LogP contribution in [0.2, 0.25) is 5.02 Å². The molecule has 1 amide bonds. The maximum atomic E-state index is 13.3. The van der Waals surface area contributed by atoms with Crippen molar-refractivity contribution in [3.8, 4) is 5.69 Å². The fraction of sp³-hybridized carbons (Fsp3) is 0.250. The lowest BCUT2D eigenvalue weighted by Gasteiger charge is -2.33. The first-order chi connectivity index (χ1) is 16.1. The standard InChI is InChI=1S/C24H22ClFN6O/c25-18-5-3-16(4-6-18)12-27-24(33)17-2-1-11-31(13-17)23-21-14-32(30-22(21)28-15-29-23)20-9-7-19(26)8-10-20/h3-10,14-15,17H,1-2,11-13H2,(H,27,33)/t17-/m0/s1. The molecule has 0 spiro atoms. The smallest absolute Gasteiger partial charge is 0.225 e. The van der Waals surface area contributed by atoms with E-state index >= 15 is 0 Å². The van der Waals surface area contributed by atoms with E-state index in [-0.39, 0.29) is 17.6 Å². The van der Waals surface area contributed by atoms with Gasteiger partial charge in [0.15, 0.2) is 5.65 Å². The monoisotopic (exact) mass is 464 g/mol. The highest BCUT2D eigenvalue weighted by Gasteiger charge is 2.28. The number of aromatic nitrogens is 4. The molecule has 1 aliphatic heterocycles. The molecule has 0 aliphatic carbocycles. The van der Waals surface area contributed by atoms with Crippen LogP contribution in [0, 0.1) is 11.7 Å². The number of nitrogens with one attached hydrogen (secondary N) is 1. The van der Waals surface area contributed by atoms with Gasteiger partial charge in [-0.05, 0) is 54.8 Å². The van der Waals surface area contributed by atoms with E-state index in [9.17, 15) is 9.18 Å². The molecule has 1 saturated heterocycles. The second kappa shape index (κ2) is 9.15. The molecule has 33 heavy (non-hydrogen) atoms. The van der Waals surface area contributed by atoms with Gasteiger partial charge in [-0.1, -0.05) is 23.7 Å². The molecule has 9 heteroatoms. The lowest BCUT2D eigenvalue weighted by molar-refractivity contribution is -0.125. The first-order valence-electron chi connectivity index (χ1n) is 10.8. The van der Waals surface area contributed by atoms with E-state index in [1.165, 1.54) is 18.5 Å². The van der Waals surface area contributed by atoms with E-state index in [0.717, 1.165) is 41.8 Å². The van der Waals surface area contributed by atoms with Gasteiger partial charge in [0.1, 0.15) is 18.0 Å². The molecule has 3 heterocycles. The van der Waals surface area contributed by atoms with Gasteiger partial charge in [0, 0.05) is 30.9 Å². The van der Waals surface area contributed by atoms with Gasteiger partial charge in [-0.25, -0.2) is 19.0 Å². The summed E-state index contributed by atoms with van der Waals surface area (Å²) < 4.78 is 15.0. The van der Waals surface area contributed by atoms with Gasteiger partial charge in [-0.2, -0.15) is 0 Å². The van der Waals surface area contributed by atoms with Crippen LogP contribution in [0.4, 0.5) is 10.2 Å². The van der Waals surface area contributed by atoms with Gasteiger partial charge in [0.2, 0.25) is 5.91 Å². The number of rotatable bonds is 5. The molecule has 168 valence electrons. The molecule has 1 N–H and O–H groups in total. The minimum absolute atomic E-state index is 0.0296. The Morgan fingerprint density at radius 2 is 1.91 bits per heavy atom. The highest BCUT2D eigenvalue weighted by Crippen LogP contribution is 2.28. The van der Waals surface area contributed by atoms with Crippen LogP contribution >= 0.6 is 11.6 Å². The number of piperidine rings is 1. The van der Waals surface area contributed by atoms with Crippen LogP contribution in [0.5, 0.6) is 0 Å². The number of halogens is 2. The van der Waals surface area contributed by atoms with E-state index in [1.807, 2.05) is 30.5 Å². The number of hydrogen-bond acceptors (Lipinski definition) is 5. The Morgan fingerprint density at radius 3 is 2.70 bits per heavy atom. The summed E-state index contributed by atoms with van der Waals surface area (Å²) in [6, 6.07) is 13.6. The van der Waals surface area contributed by atoms with Gasteiger partial charge < -0.3 is 10.2 Å². The number of carbonyl (C=O) groups is 1. The van der Waals surface area contributed by atoms with Crippen LogP contribution in [0.15, 0.2) is 61.1 Å². The quantitative estimate of drug-likeness (QED) is 0.480. The molecule has 1 aliphatic rings. The first-order valence-corrected chi connectivity index (χ1v) is 11.2.